The van der Waals surface area contributed by atoms with E-state index >= 15 is 0 Å². The molecule has 140 valence electrons. The Morgan fingerprint density at radius 1 is 1.33 bits per heavy atom. The summed E-state index contributed by atoms with van der Waals surface area (Å²) in [6, 6.07) is 9.46. The van der Waals surface area contributed by atoms with Crippen LogP contribution in [0.4, 0.5) is 10.5 Å². The number of benzene rings is 2. The second-order valence-corrected chi connectivity index (χ2v) is 7.61. The van der Waals surface area contributed by atoms with Crippen LogP contribution in [-0.4, -0.2) is 30.1 Å². The zero-order valence-electron chi connectivity index (χ0n) is 14.7. The number of aromatic nitrogens is 1. The van der Waals surface area contributed by atoms with E-state index in [2.05, 4.69) is 26.2 Å². The van der Waals surface area contributed by atoms with Crippen LogP contribution in [0.15, 0.2) is 34.8 Å². The normalized spacial score (nSPS) is 11.2. The predicted octanol–water partition coefficient (Wildman–Crippen LogP) is 5.61. The number of halogens is 1. The summed E-state index contributed by atoms with van der Waals surface area (Å²) in [6.07, 6.45) is 2.82. The van der Waals surface area contributed by atoms with Gasteiger partial charge in [0.05, 0.1) is 14.7 Å². The molecule has 0 aliphatic heterocycles. The highest BCUT2D eigenvalue weighted by Gasteiger charge is 2.08. The van der Waals surface area contributed by atoms with E-state index in [1.54, 1.807) is 7.11 Å². The Morgan fingerprint density at radius 3 is 2.85 bits per heavy atom. The monoisotopic (exact) mass is 448 g/mol. The number of nitrogens with one attached hydrogen (secondary N) is 1. The highest BCUT2D eigenvalue weighted by Crippen LogP contribution is 2.30. The number of hydrogen-bond donors (Lipinski definition) is 2. The van der Waals surface area contributed by atoms with Gasteiger partial charge in [0, 0.05) is 12.8 Å². The van der Waals surface area contributed by atoms with Crippen LogP contribution >= 0.6 is 27.3 Å². The fraction of sp³-hybridized carbons (Fsp3) is 0.158. The van der Waals surface area contributed by atoms with E-state index in [1.807, 2.05) is 49.4 Å². The summed E-state index contributed by atoms with van der Waals surface area (Å²) < 4.78 is 12.1. The first-order chi connectivity index (χ1) is 13.0. The van der Waals surface area contributed by atoms with Crippen molar-refractivity contribution in [3.63, 3.8) is 0 Å². The number of nitrogens with zero attached hydrogens (tertiary/aromatic N) is 1. The third-order valence-corrected chi connectivity index (χ3v) is 5.30. The first kappa shape index (κ1) is 19.3. The van der Waals surface area contributed by atoms with Crippen molar-refractivity contribution in [1.29, 1.82) is 0 Å². The van der Waals surface area contributed by atoms with Gasteiger partial charge in [-0.1, -0.05) is 12.1 Å². The molecule has 1 amide bonds. The van der Waals surface area contributed by atoms with E-state index in [0.717, 1.165) is 30.8 Å². The fourth-order valence-corrected chi connectivity index (χ4v) is 3.85. The summed E-state index contributed by atoms with van der Waals surface area (Å²) in [5.41, 5.74) is 3.25. The standard InChI is InChI=1S/C19H17BrN2O4S/c1-11-7-15-17(9-14(11)22-19(23)24)27-18(21-15)6-4-12-3-5-16(13(20)8-12)26-10-25-2/h3-9,22H,10H2,1-2H3,(H,23,24)/b6-4+. The van der Waals surface area contributed by atoms with E-state index in [1.165, 1.54) is 11.3 Å². The van der Waals surface area contributed by atoms with Gasteiger partial charge >= 0.3 is 6.09 Å². The summed E-state index contributed by atoms with van der Waals surface area (Å²) in [7, 11) is 1.57. The van der Waals surface area contributed by atoms with Crippen LogP contribution in [-0.2, 0) is 4.74 Å². The molecular formula is C19H17BrN2O4S. The molecule has 3 rings (SSSR count). The van der Waals surface area contributed by atoms with Crippen LogP contribution < -0.4 is 10.1 Å². The Bertz CT molecular complexity index is 1020. The molecule has 0 fully saturated rings. The quantitative estimate of drug-likeness (QED) is 0.478. The number of amides is 1. The topological polar surface area (TPSA) is 80.7 Å². The van der Waals surface area contributed by atoms with E-state index in [9.17, 15) is 4.79 Å². The van der Waals surface area contributed by atoms with Crippen molar-refractivity contribution < 1.29 is 19.4 Å². The maximum atomic E-state index is 10.9. The van der Waals surface area contributed by atoms with Crippen LogP contribution in [0, 0.1) is 6.92 Å². The maximum Gasteiger partial charge on any atom is 0.409 e. The van der Waals surface area contributed by atoms with Gasteiger partial charge in [0.15, 0.2) is 6.79 Å². The zero-order chi connectivity index (χ0) is 19.4. The van der Waals surface area contributed by atoms with Crippen molar-refractivity contribution >= 4 is 61.4 Å². The van der Waals surface area contributed by atoms with Crippen molar-refractivity contribution in [2.75, 3.05) is 19.2 Å². The minimum Gasteiger partial charge on any atom is -0.466 e. The SMILES string of the molecule is COCOc1ccc(/C=C/c2nc3cc(C)c(NC(=O)O)cc3s2)cc1Br. The second kappa shape index (κ2) is 8.51. The van der Waals surface area contributed by atoms with Gasteiger partial charge in [-0.3, -0.25) is 5.32 Å². The number of anilines is 1. The molecule has 0 aliphatic carbocycles. The Labute approximate surface area is 168 Å². The first-order valence-electron chi connectivity index (χ1n) is 7.97. The lowest BCUT2D eigenvalue weighted by molar-refractivity contribution is 0.0506. The summed E-state index contributed by atoms with van der Waals surface area (Å²) >= 11 is 4.99. The lowest BCUT2D eigenvalue weighted by Gasteiger charge is -2.07. The summed E-state index contributed by atoms with van der Waals surface area (Å²) in [5.74, 6) is 0.711. The molecule has 2 N–H and O–H groups in total. The first-order valence-corrected chi connectivity index (χ1v) is 9.57. The van der Waals surface area contributed by atoms with Gasteiger partial charge in [0.25, 0.3) is 0 Å². The van der Waals surface area contributed by atoms with Gasteiger partial charge < -0.3 is 14.6 Å². The zero-order valence-corrected chi connectivity index (χ0v) is 17.1. The van der Waals surface area contributed by atoms with Crippen molar-refractivity contribution in [3.05, 3.63) is 50.9 Å². The predicted molar refractivity (Wildman–Crippen MR) is 112 cm³/mol. The Morgan fingerprint density at radius 2 is 2.15 bits per heavy atom. The largest absolute Gasteiger partial charge is 0.466 e. The third kappa shape index (κ3) is 4.85. The lowest BCUT2D eigenvalue weighted by atomic mass is 10.2. The highest BCUT2D eigenvalue weighted by atomic mass is 79.9. The summed E-state index contributed by atoms with van der Waals surface area (Å²) in [5, 5.41) is 12.2. The number of hydrogen-bond acceptors (Lipinski definition) is 5. The van der Waals surface area contributed by atoms with Gasteiger partial charge in [-0.25, -0.2) is 9.78 Å². The number of aryl methyl sites for hydroxylation is 1. The van der Waals surface area contributed by atoms with Gasteiger partial charge in [-0.15, -0.1) is 11.3 Å². The van der Waals surface area contributed by atoms with Crippen LogP contribution in [0.3, 0.4) is 0 Å². The molecule has 8 heteroatoms. The van der Waals surface area contributed by atoms with Crippen LogP contribution in [0.2, 0.25) is 0 Å². The van der Waals surface area contributed by atoms with E-state index < -0.39 is 6.09 Å². The molecule has 27 heavy (non-hydrogen) atoms. The average Bonchev–Trinajstić information content (AvgIpc) is 3.00. The van der Waals surface area contributed by atoms with Crippen molar-refractivity contribution in [2.45, 2.75) is 6.92 Å². The number of fused-ring (bicyclic) bond motifs is 1. The molecule has 6 nitrogen and oxygen atoms in total. The molecule has 0 unspecified atom stereocenters. The number of carboxylic acid groups (broad SMARTS) is 1. The number of ether oxygens (including phenoxy) is 2. The van der Waals surface area contributed by atoms with Crippen LogP contribution in [0.5, 0.6) is 5.75 Å². The number of methoxy groups -OCH3 is 1. The molecule has 0 radical (unpaired) electrons. The van der Waals surface area contributed by atoms with Crippen LogP contribution in [0.1, 0.15) is 16.1 Å². The second-order valence-electron chi connectivity index (χ2n) is 5.69. The Hall–Kier alpha value is -2.42. The summed E-state index contributed by atoms with van der Waals surface area (Å²) in [6.45, 7) is 2.04. The number of rotatable bonds is 6. The smallest absolute Gasteiger partial charge is 0.409 e. The molecule has 0 spiro atoms. The molecule has 1 aromatic heterocycles. The molecule has 3 aromatic rings. The average molecular weight is 449 g/mol. The molecule has 0 saturated heterocycles. The molecule has 0 saturated carbocycles. The van der Waals surface area contributed by atoms with E-state index in [-0.39, 0.29) is 6.79 Å². The number of carbonyl (C=O) groups is 1. The van der Waals surface area contributed by atoms with Gasteiger partial charge in [0.1, 0.15) is 10.8 Å². The Balaban J connectivity index is 1.81. The van der Waals surface area contributed by atoms with Crippen LogP contribution in [0.25, 0.3) is 22.4 Å². The fourth-order valence-electron chi connectivity index (χ4n) is 2.45. The lowest BCUT2D eigenvalue weighted by Crippen LogP contribution is -2.08. The van der Waals surface area contributed by atoms with E-state index in [0.29, 0.717) is 11.4 Å². The van der Waals surface area contributed by atoms with Crippen molar-refractivity contribution in [1.82, 2.24) is 4.98 Å². The van der Waals surface area contributed by atoms with Gasteiger partial charge in [-0.05, 0) is 64.3 Å². The van der Waals surface area contributed by atoms with Crippen molar-refractivity contribution in [3.8, 4) is 5.75 Å². The maximum absolute atomic E-state index is 10.9. The molecule has 0 atom stereocenters. The third-order valence-electron chi connectivity index (χ3n) is 3.70. The van der Waals surface area contributed by atoms with E-state index in [4.69, 9.17) is 14.6 Å². The van der Waals surface area contributed by atoms with Gasteiger partial charge in [-0.2, -0.15) is 0 Å². The molecule has 0 bridgehead atoms. The molecule has 0 aliphatic rings. The Kier molecular flexibility index (Phi) is 6.10. The molecule has 1 heterocycles. The minimum atomic E-state index is -1.08. The van der Waals surface area contributed by atoms with Gasteiger partial charge in [0.2, 0.25) is 0 Å². The number of thiazole rings is 1. The highest BCUT2D eigenvalue weighted by molar-refractivity contribution is 9.10. The molecular weight excluding hydrogens is 432 g/mol. The minimum absolute atomic E-state index is 0.192. The van der Waals surface area contributed by atoms with Crippen molar-refractivity contribution in [2.24, 2.45) is 0 Å². The summed E-state index contributed by atoms with van der Waals surface area (Å²) in [4.78, 5) is 15.5. The molecule has 2 aromatic carbocycles.